The second-order valence-electron chi connectivity index (χ2n) is 8.99. The molecule has 1 saturated carbocycles. The Hall–Kier alpha value is -0.210. The number of hydrogen-bond donors (Lipinski definition) is 0. The van der Waals surface area contributed by atoms with Gasteiger partial charge in [-0.3, -0.25) is 0 Å². The number of hydrogen-bond acceptors (Lipinski definition) is 6. The van der Waals surface area contributed by atoms with E-state index in [0.717, 1.165) is 32.1 Å². The molecule has 0 N–H and O–H groups in total. The van der Waals surface area contributed by atoms with Crippen molar-refractivity contribution in [1.29, 1.82) is 0 Å². The van der Waals surface area contributed by atoms with Crippen LogP contribution in [0.25, 0.3) is 0 Å². The van der Waals surface area contributed by atoms with Crippen molar-refractivity contribution in [2.45, 2.75) is 89.3 Å². The first-order valence-corrected chi connectivity index (χ1v) is 11.9. The maximum atomic E-state index is 13.0. The Balaban J connectivity index is 1.73. The molecule has 0 amide bonds. The summed E-state index contributed by atoms with van der Waals surface area (Å²) in [6.45, 7) is 8.12. The number of rotatable bonds is 4. The molecule has 0 aromatic rings. The smallest absolute Gasteiger partial charge is 0.201 e. The summed E-state index contributed by atoms with van der Waals surface area (Å²) in [6.07, 6.45) is 4.51. The molecular formula is C19H32O6S. The maximum Gasteiger partial charge on any atom is 0.201 e. The van der Waals surface area contributed by atoms with Gasteiger partial charge >= 0.3 is 0 Å². The van der Waals surface area contributed by atoms with E-state index < -0.39 is 33.0 Å². The zero-order valence-corrected chi connectivity index (χ0v) is 17.1. The van der Waals surface area contributed by atoms with Crippen molar-refractivity contribution in [1.82, 2.24) is 0 Å². The van der Waals surface area contributed by atoms with E-state index in [-0.39, 0.29) is 23.5 Å². The molecule has 0 aromatic heterocycles. The van der Waals surface area contributed by atoms with E-state index in [4.69, 9.17) is 19.2 Å². The fraction of sp³-hybridized carbons (Fsp3) is 1.00. The molecule has 1 aliphatic carbocycles. The fourth-order valence-electron chi connectivity index (χ4n) is 5.74. The van der Waals surface area contributed by atoms with E-state index in [9.17, 15) is 8.42 Å². The Morgan fingerprint density at radius 1 is 1.08 bits per heavy atom. The van der Waals surface area contributed by atoms with Crippen LogP contribution in [0.1, 0.15) is 66.2 Å². The van der Waals surface area contributed by atoms with Crippen molar-refractivity contribution in [2.24, 2.45) is 23.7 Å². The predicted molar refractivity (Wildman–Crippen MR) is 95.5 cm³/mol. The molecule has 1 spiro atoms. The van der Waals surface area contributed by atoms with Gasteiger partial charge in [-0.05, 0) is 44.4 Å². The van der Waals surface area contributed by atoms with Crippen molar-refractivity contribution in [2.75, 3.05) is 5.75 Å². The molecule has 5 fully saturated rings. The van der Waals surface area contributed by atoms with Crippen molar-refractivity contribution in [3.8, 4) is 0 Å². The topological polar surface area (TPSA) is 71.1 Å². The van der Waals surface area contributed by atoms with Crippen LogP contribution in [-0.4, -0.2) is 37.3 Å². The van der Waals surface area contributed by atoms with Gasteiger partial charge in [0.15, 0.2) is 27.2 Å². The highest BCUT2D eigenvalue weighted by molar-refractivity contribution is 7.91. The highest BCUT2D eigenvalue weighted by Gasteiger charge is 2.70. The SMILES string of the molecule is CCCCS(=O)(=O)[C@@H]1O[C@@H]2O[C@@]3(C)CC[C@H]4[C@H](C)CC[C@@H]([C@H]1C)[C@@]24OO3. The molecular weight excluding hydrogens is 356 g/mol. The van der Waals surface area contributed by atoms with Crippen LogP contribution in [0, 0.1) is 23.7 Å². The average molecular weight is 389 g/mol. The standard InChI is InChI=1S/C19H32O6S/c1-5-6-11-26(20,21)16-13(3)15-8-7-12(2)14-9-10-18(4)23-17(22-16)19(14,15)25-24-18/h12-17H,5-11H2,1-4H3/t12-,13-,14+,15+,16+,17-,18-,19-/m1/s1. The van der Waals surface area contributed by atoms with Crippen LogP contribution in [-0.2, 0) is 29.1 Å². The first kappa shape index (κ1) is 19.1. The van der Waals surface area contributed by atoms with Crippen LogP contribution in [0.5, 0.6) is 0 Å². The van der Waals surface area contributed by atoms with Gasteiger partial charge < -0.3 is 9.47 Å². The summed E-state index contributed by atoms with van der Waals surface area (Å²) in [5.74, 6) is -0.0399. The molecule has 2 bridgehead atoms. The van der Waals surface area contributed by atoms with Crippen molar-refractivity contribution < 1.29 is 27.7 Å². The molecule has 0 aromatic carbocycles. The second-order valence-corrected chi connectivity index (χ2v) is 11.2. The zero-order chi connectivity index (χ0) is 18.7. The molecule has 5 rings (SSSR count). The Labute approximate surface area is 156 Å². The number of ether oxygens (including phenoxy) is 2. The summed E-state index contributed by atoms with van der Waals surface area (Å²) in [5, 5.41) is 0. The lowest BCUT2D eigenvalue weighted by molar-refractivity contribution is -0.568. The van der Waals surface area contributed by atoms with Gasteiger partial charge in [0.2, 0.25) is 5.79 Å². The van der Waals surface area contributed by atoms with E-state index in [1.165, 1.54) is 0 Å². The Morgan fingerprint density at radius 3 is 2.58 bits per heavy atom. The predicted octanol–water partition coefficient (Wildman–Crippen LogP) is 3.41. The first-order chi connectivity index (χ1) is 12.2. The van der Waals surface area contributed by atoms with Crippen LogP contribution in [0.15, 0.2) is 0 Å². The highest BCUT2D eigenvalue weighted by atomic mass is 32.2. The van der Waals surface area contributed by atoms with Gasteiger partial charge in [-0.2, -0.15) is 0 Å². The van der Waals surface area contributed by atoms with Gasteiger partial charge in [0, 0.05) is 18.3 Å². The molecule has 150 valence electrons. The van der Waals surface area contributed by atoms with Crippen molar-refractivity contribution >= 4 is 9.84 Å². The molecule has 4 saturated heterocycles. The minimum Gasteiger partial charge on any atom is -0.330 e. The fourth-order valence-corrected chi connectivity index (χ4v) is 7.78. The van der Waals surface area contributed by atoms with Crippen LogP contribution < -0.4 is 0 Å². The highest BCUT2D eigenvalue weighted by Crippen LogP contribution is 2.60. The van der Waals surface area contributed by atoms with Gasteiger partial charge in [0.1, 0.15) is 0 Å². The van der Waals surface area contributed by atoms with E-state index in [0.29, 0.717) is 12.3 Å². The molecule has 4 heterocycles. The third-order valence-corrected chi connectivity index (χ3v) is 9.34. The van der Waals surface area contributed by atoms with Gasteiger partial charge in [-0.15, -0.1) is 0 Å². The Bertz CT molecular complexity index is 650. The molecule has 0 unspecified atom stereocenters. The third-order valence-electron chi connectivity index (χ3n) is 7.23. The van der Waals surface area contributed by atoms with Gasteiger partial charge in [-0.25, -0.2) is 18.2 Å². The van der Waals surface area contributed by atoms with Crippen molar-refractivity contribution in [3.05, 3.63) is 0 Å². The minimum absolute atomic E-state index is 0.0616. The summed E-state index contributed by atoms with van der Waals surface area (Å²) in [4.78, 5) is 11.8. The molecule has 0 radical (unpaired) electrons. The Morgan fingerprint density at radius 2 is 1.85 bits per heavy atom. The molecule has 4 aliphatic heterocycles. The van der Waals surface area contributed by atoms with Gasteiger partial charge in [-0.1, -0.05) is 27.2 Å². The summed E-state index contributed by atoms with van der Waals surface area (Å²) in [5.41, 5.74) is -1.51. The van der Waals surface area contributed by atoms with E-state index >= 15 is 0 Å². The molecule has 8 atom stereocenters. The van der Waals surface area contributed by atoms with Crippen LogP contribution in [0.3, 0.4) is 0 Å². The minimum atomic E-state index is -3.35. The average Bonchev–Trinajstić information content (AvgIpc) is 2.82. The van der Waals surface area contributed by atoms with Crippen molar-refractivity contribution in [3.63, 3.8) is 0 Å². The third kappa shape index (κ3) is 2.69. The maximum absolute atomic E-state index is 13.0. The zero-order valence-electron chi connectivity index (χ0n) is 16.3. The normalized spacial score (nSPS) is 50.9. The summed E-state index contributed by atoms with van der Waals surface area (Å²) in [7, 11) is -3.35. The molecule has 5 aliphatic rings. The van der Waals surface area contributed by atoms with Gasteiger partial charge in [0.25, 0.3) is 0 Å². The van der Waals surface area contributed by atoms with Crippen LogP contribution >= 0.6 is 0 Å². The van der Waals surface area contributed by atoms with E-state index in [2.05, 4.69) is 6.92 Å². The number of unbranched alkanes of at least 4 members (excludes halogenated alkanes) is 1. The van der Waals surface area contributed by atoms with Crippen LogP contribution in [0.2, 0.25) is 0 Å². The van der Waals surface area contributed by atoms with E-state index in [1.54, 1.807) is 0 Å². The number of fused-ring (bicyclic) bond motifs is 2. The lowest BCUT2D eigenvalue weighted by atomic mass is 9.58. The van der Waals surface area contributed by atoms with E-state index in [1.807, 2.05) is 20.8 Å². The summed E-state index contributed by atoms with van der Waals surface area (Å²) < 4.78 is 38.4. The van der Waals surface area contributed by atoms with Gasteiger partial charge in [0.05, 0.1) is 5.75 Å². The number of sulfone groups is 1. The molecule has 6 nitrogen and oxygen atoms in total. The monoisotopic (exact) mass is 388 g/mol. The second kappa shape index (κ2) is 6.41. The summed E-state index contributed by atoms with van der Waals surface area (Å²) >= 11 is 0. The van der Waals surface area contributed by atoms with Crippen LogP contribution in [0.4, 0.5) is 0 Å². The summed E-state index contributed by atoms with van der Waals surface area (Å²) in [6, 6.07) is 0. The lowest BCUT2D eigenvalue weighted by Crippen LogP contribution is -2.71. The Kier molecular flexibility index (Phi) is 4.71. The molecule has 26 heavy (non-hydrogen) atoms. The lowest BCUT2D eigenvalue weighted by Gasteiger charge is -2.60. The largest absolute Gasteiger partial charge is 0.330 e. The first-order valence-electron chi connectivity index (χ1n) is 10.1. The molecule has 7 heteroatoms. The quantitative estimate of drug-likeness (QED) is 0.688.